The van der Waals surface area contributed by atoms with Crippen molar-refractivity contribution in [1.29, 1.82) is 0 Å². The fraction of sp³-hybridized carbons (Fsp3) is 0.636. The molecular weight excluding hydrogens is 434 g/mol. The van der Waals surface area contributed by atoms with E-state index >= 15 is 0 Å². The molecule has 1 aromatic rings. The summed E-state index contributed by atoms with van der Waals surface area (Å²) in [5, 5.41) is 12.4. The average Bonchev–Trinajstić information content (AvgIpc) is 2.67. The molecule has 0 radical (unpaired) electrons. The number of nitrogens with zero attached hydrogens (tertiary/aromatic N) is 2. The topological polar surface area (TPSA) is 118 Å². The zero-order chi connectivity index (χ0) is 24.5. The largest absolute Gasteiger partial charge is 0.492 e. The highest BCUT2D eigenvalue weighted by Crippen LogP contribution is 2.33. The molecule has 0 saturated carbocycles. The second kappa shape index (κ2) is 12.8. The van der Waals surface area contributed by atoms with Gasteiger partial charge in [0.25, 0.3) is 0 Å². The number of carbonyl (C=O) groups is 2. The third-order valence-corrected chi connectivity index (χ3v) is 5.41. The first-order valence-corrected chi connectivity index (χ1v) is 11.2. The zero-order valence-corrected chi connectivity index (χ0v) is 20.7. The van der Waals surface area contributed by atoms with Crippen LogP contribution >= 0.6 is 11.9 Å². The number of aryl methyl sites for hydroxylation is 1. The highest BCUT2D eigenvalue weighted by molar-refractivity contribution is 7.99. The Bertz CT molecular complexity index is 798. The predicted molar refractivity (Wildman–Crippen MR) is 126 cm³/mol. The number of hydrogen-bond acceptors (Lipinski definition) is 8. The van der Waals surface area contributed by atoms with Gasteiger partial charge in [-0.15, -0.1) is 4.91 Å². The Labute approximate surface area is 194 Å². The van der Waals surface area contributed by atoms with Crippen LogP contribution in [0.25, 0.3) is 0 Å². The predicted octanol–water partition coefficient (Wildman–Crippen LogP) is 3.51. The minimum atomic E-state index is -1.30. The Morgan fingerprint density at radius 1 is 1.25 bits per heavy atom. The summed E-state index contributed by atoms with van der Waals surface area (Å²) in [5.74, 6) is -0.833. The second-order valence-corrected chi connectivity index (χ2v) is 10.2. The lowest BCUT2D eigenvalue weighted by atomic mass is 9.94. The Balaban J connectivity index is 2.97. The molecule has 0 heterocycles. The molecule has 9 nitrogen and oxygen atoms in total. The van der Waals surface area contributed by atoms with Crippen LogP contribution in [0.15, 0.2) is 16.7 Å². The van der Waals surface area contributed by atoms with Crippen molar-refractivity contribution in [3.8, 4) is 5.75 Å². The number of hydrogen-bond donors (Lipinski definition) is 2. The molecule has 0 saturated heterocycles. The van der Waals surface area contributed by atoms with Crippen LogP contribution in [0, 0.1) is 11.8 Å². The van der Waals surface area contributed by atoms with Gasteiger partial charge >= 0.3 is 5.97 Å². The van der Waals surface area contributed by atoms with E-state index in [1.165, 1.54) is 0 Å². The summed E-state index contributed by atoms with van der Waals surface area (Å²) in [6.07, 6.45) is -1.30. The molecule has 0 aliphatic carbocycles. The Hall–Kier alpha value is -2.17. The number of carboxylic acids is 1. The van der Waals surface area contributed by atoms with Crippen molar-refractivity contribution in [2.75, 3.05) is 40.4 Å². The van der Waals surface area contributed by atoms with Crippen molar-refractivity contribution < 1.29 is 24.2 Å². The maximum atomic E-state index is 12.2. The third kappa shape index (κ3) is 9.13. The normalized spacial score (nSPS) is 12.7. The van der Waals surface area contributed by atoms with Gasteiger partial charge in [-0.25, -0.2) is 4.79 Å². The lowest BCUT2D eigenvalue weighted by molar-refractivity contribution is -0.152. The summed E-state index contributed by atoms with van der Waals surface area (Å²) in [4.78, 5) is 36.6. The Kier molecular flexibility index (Phi) is 11.1. The number of likely N-dealkylation sites (N-methyl/N-ethyl adjacent to an activating group) is 1. The van der Waals surface area contributed by atoms with Gasteiger partial charge in [-0.2, -0.15) is 0 Å². The van der Waals surface area contributed by atoms with E-state index in [4.69, 9.17) is 9.47 Å². The van der Waals surface area contributed by atoms with Gasteiger partial charge in [0.2, 0.25) is 5.91 Å². The van der Waals surface area contributed by atoms with Gasteiger partial charge in [0.1, 0.15) is 19.0 Å². The summed E-state index contributed by atoms with van der Waals surface area (Å²) in [5.41, 5.74) is 2.07. The first kappa shape index (κ1) is 27.9. The average molecular weight is 470 g/mol. The molecule has 0 aromatic heterocycles. The van der Waals surface area contributed by atoms with Crippen molar-refractivity contribution in [3.63, 3.8) is 0 Å². The molecule has 1 aromatic carbocycles. The van der Waals surface area contributed by atoms with Crippen LogP contribution in [0.3, 0.4) is 0 Å². The Morgan fingerprint density at radius 3 is 2.44 bits per heavy atom. The molecule has 0 aliphatic heterocycles. The standard InChI is InChI=1S/C22H35N3O6S/c1-14(2)16-11-17(15(3)10-18(16)30-9-8-25(6)7)20(21(27)28)31-12-19(26)23-13-22(4,5)32-24-29/h10-11,14,20H,8-9,12-13H2,1-7H3,(H,23,26)(H,27,28). The van der Waals surface area contributed by atoms with Crippen LogP contribution in [0.5, 0.6) is 5.75 Å². The minimum absolute atomic E-state index is 0.104. The van der Waals surface area contributed by atoms with E-state index < -0.39 is 29.3 Å². The molecule has 0 fully saturated rings. The lowest BCUT2D eigenvalue weighted by Gasteiger charge is -2.22. The summed E-state index contributed by atoms with van der Waals surface area (Å²) in [6, 6.07) is 3.61. The van der Waals surface area contributed by atoms with E-state index in [1.54, 1.807) is 26.8 Å². The van der Waals surface area contributed by atoms with E-state index in [9.17, 15) is 19.6 Å². The first-order valence-electron chi connectivity index (χ1n) is 10.4. The quantitative estimate of drug-likeness (QED) is 0.314. The summed E-state index contributed by atoms with van der Waals surface area (Å²) < 4.78 is 13.6. The van der Waals surface area contributed by atoms with Gasteiger partial charge in [0.05, 0.1) is 4.75 Å². The Morgan fingerprint density at radius 2 is 1.91 bits per heavy atom. The molecule has 0 bridgehead atoms. The highest BCUT2D eigenvalue weighted by Gasteiger charge is 2.27. The zero-order valence-electron chi connectivity index (χ0n) is 19.9. The monoisotopic (exact) mass is 469 g/mol. The van der Waals surface area contributed by atoms with Crippen molar-refractivity contribution in [3.05, 3.63) is 33.7 Å². The number of nitroso groups, excluding NO2 is 1. The highest BCUT2D eigenvalue weighted by atomic mass is 32.2. The van der Waals surface area contributed by atoms with Crippen molar-refractivity contribution >= 4 is 23.8 Å². The molecule has 0 spiro atoms. The number of rotatable bonds is 14. The molecule has 1 amide bonds. The number of benzene rings is 1. The van der Waals surface area contributed by atoms with Crippen LogP contribution in [-0.2, 0) is 14.3 Å². The molecule has 1 unspecified atom stereocenters. The van der Waals surface area contributed by atoms with E-state index in [0.717, 1.165) is 24.1 Å². The number of carbonyl (C=O) groups excluding carboxylic acids is 1. The van der Waals surface area contributed by atoms with Gasteiger partial charge in [0.15, 0.2) is 6.10 Å². The van der Waals surface area contributed by atoms with Crippen molar-refractivity contribution in [2.45, 2.75) is 51.4 Å². The fourth-order valence-corrected chi connectivity index (χ4v) is 3.20. The summed E-state index contributed by atoms with van der Waals surface area (Å²) in [6.45, 7) is 10.4. The molecular formula is C22H35N3O6S. The van der Waals surface area contributed by atoms with Crippen molar-refractivity contribution in [1.82, 2.24) is 10.2 Å². The smallest absolute Gasteiger partial charge is 0.337 e. The first-order chi connectivity index (χ1) is 14.9. The molecule has 0 aliphatic rings. The number of ether oxygens (including phenoxy) is 2. The van der Waals surface area contributed by atoms with E-state index in [0.29, 0.717) is 23.5 Å². The maximum absolute atomic E-state index is 12.2. The second-order valence-electron chi connectivity index (χ2n) is 8.78. The number of amides is 1. The van der Waals surface area contributed by atoms with Gasteiger partial charge in [0, 0.05) is 29.6 Å². The van der Waals surface area contributed by atoms with Crippen LogP contribution in [0.4, 0.5) is 0 Å². The third-order valence-electron chi connectivity index (χ3n) is 4.70. The number of aliphatic carboxylic acids is 1. The maximum Gasteiger partial charge on any atom is 0.337 e. The van der Waals surface area contributed by atoms with Crippen LogP contribution in [0.2, 0.25) is 0 Å². The van der Waals surface area contributed by atoms with Gasteiger partial charge in [-0.1, -0.05) is 13.8 Å². The van der Waals surface area contributed by atoms with Gasteiger partial charge in [-0.05, 0) is 69.6 Å². The summed E-state index contributed by atoms with van der Waals surface area (Å²) in [7, 11) is 3.93. The van der Waals surface area contributed by atoms with Crippen molar-refractivity contribution in [2.24, 2.45) is 4.58 Å². The molecule has 1 rings (SSSR count). The van der Waals surface area contributed by atoms with E-state index in [2.05, 4.69) is 9.90 Å². The lowest BCUT2D eigenvalue weighted by Crippen LogP contribution is -2.38. The summed E-state index contributed by atoms with van der Waals surface area (Å²) >= 11 is 0.822. The van der Waals surface area contributed by atoms with Gasteiger partial charge < -0.3 is 24.8 Å². The van der Waals surface area contributed by atoms with E-state index in [1.807, 2.05) is 38.9 Å². The molecule has 180 valence electrons. The molecule has 32 heavy (non-hydrogen) atoms. The van der Waals surface area contributed by atoms with Crippen LogP contribution in [-0.4, -0.2) is 67.0 Å². The number of carboxylic acid groups (broad SMARTS) is 1. The SMILES string of the molecule is Cc1cc(OCCN(C)C)c(C(C)C)cc1C(OCC(=O)NCC(C)(C)SN=O)C(=O)O. The van der Waals surface area contributed by atoms with Crippen LogP contribution in [0.1, 0.15) is 56.4 Å². The molecule has 10 heteroatoms. The van der Waals surface area contributed by atoms with Gasteiger partial charge in [-0.3, -0.25) is 4.79 Å². The minimum Gasteiger partial charge on any atom is -0.492 e. The number of nitrogens with one attached hydrogen (secondary N) is 1. The van der Waals surface area contributed by atoms with Crippen LogP contribution < -0.4 is 10.1 Å². The van der Waals surface area contributed by atoms with E-state index in [-0.39, 0.29) is 12.5 Å². The fourth-order valence-electron chi connectivity index (χ4n) is 2.86. The molecule has 1 atom stereocenters. The molecule has 2 N–H and O–H groups in total.